The summed E-state index contributed by atoms with van der Waals surface area (Å²) in [4.78, 5) is 2.43. The van der Waals surface area contributed by atoms with Crippen LogP contribution in [0.15, 0.2) is 144 Å². The lowest BCUT2D eigenvalue weighted by atomic mass is 9.82. The van der Waals surface area contributed by atoms with E-state index in [-0.39, 0.29) is 5.41 Å². The van der Waals surface area contributed by atoms with Crippen molar-refractivity contribution in [2.75, 3.05) is 4.90 Å². The third-order valence-electron chi connectivity index (χ3n) is 10.1. The van der Waals surface area contributed by atoms with Gasteiger partial charge in [-0.05, 0) is 64.0 Å². The Morgan fingerprint density at radius 3 is 2.13 bits per heavy atom. The predicted molar refractivity (Wildman–Crippen MR) is 196 cm³/mol. The lowest BCUT2D eigenvalue weighted by Gasteiger charge is -2.28. The zero-order valence-corrected chi connectivity index (χ0v) is 26.4. The van der Waals surface area contributed by atoms with Crippen molar-refractivity contribution in [1.82, 2.24) is 0 Å². The van der Waals surface area contributed by atoms with Crippen LogP contribution in [0.4, 0.5) is 17.1 Å². The van der Waals surface area contributed by atoms with Crippen molar-refractivity contribution >= 4 is 81.3 Å². The lowest BCUT2D eigenvalue weighted by molar-refractivity contribution is 0.660. The van der Waals surface area contributed by atoms with E-state index in [1.807, 2.05) is 11.3 Å². The number of fused-ring (bicyclic) bond motifs is 11. The Morgan fingerprint density at radius 2 is 1.22 bits per heavy atom. The fourth-order valence-corrected chi connectivity index (χ4v) is 9.04. The van der Waals surface area contributed by atoms with Crippen LogP contribution < -0.4 is 4.90 Å². The molecule has 2 nitrogen and oxygen atoms in total. The average Bonchev–Trinajstić information content (AvgIpc) is 3.74. The fourth-order valence-electron chi connectivity index (χ4n) is 7.84. The van der Waals surface area contributed by atoms with Crippen LogP contribution in [0.5, 0.6) is 0 Å². The molecule has 0 spiro atoms. The van der Waals surface area contributed by atoms with Gasteiger partial charge in [-0.25, -0.2) is 0 Å². The number of rotatable bonds is 3. The number of anilines is 3. The number of para-hydroxylation sites is 1. The van der Waals surface area contributed by atoms with Gasteiger partial charge in [-0.3, -0.25) is 0 Å². The second-order valence-electron chi connectivity index (χ2n) is 12.9. The molecule has 2 aromatic heterocycles. The van der Waals surface area contributed by atoms with Gasteiger partial charge in [0.05, 0.1) is 16.1 Å². The fraction of sp³-hybridized carbons (Fsp3) is 0.0698. The highest BCUT2D eigenvalue weighted by Gasteiger charge is 2.36. The minimum atomic E-state index is -0.110. The number of benzene rings is 7. The first kappa shape index (κ1) is 25.9. The van der Waals surface area contributed by atoms with Crippen LogP contribution in [0.25, 0.3) is 64.0 Å². The highest BCUT2D eigenvalue weighted by Crippen LogP contribution is 2.52. The highest BCUT2D eigenvalue weighted by atomic mass is 32.1. The second kappa shape index (κ2) is 9.32. The minimum Gasteiger partial charge on any atom is -0.453 e. The Hall–Kier alpha value is -5.38. The molecule has 0 fully saturated rings. The van der Waals surface area contributed by atoms with Crippen LogP contribution in [0, 0.1) is 0 Å². The van der Waals surface area contributed by atoms with E-state index in [4.69, 9.17) is 4.42 Å². The van der Waals surface area contributed by atoms with E-state index < -0.39 is 0 Å². The van der Waals surface area contributed by atoms with Gasteiger partial charge in [0.25, 0.3) is 0 Å². The van der Waals surface area contributed by atoms with Crippen molar-refractivity contribution in [2.24, 2.45) is 0 Å². The molecule has 1 aliphatic carbocycles. The summed E-state index contributed by atoms with van der Waals surface area (Å²) in [6, 6.07) is 50.8. The van der Waals surface area contributed by atoms with E-state index in [1.165, 1.54) is 47.8 Å². The van der Waals surface area contributed by atoms with Gasteiger partial charge in [0, 0.05) is 42.7 Å². The summed E-state index contributed by atoms with van der Waals surface area (Å²) in [5.74, 6) is 0. The molecule has 7 aromatic carbocycles. The first-order chi connectivity index (χ1) is 22.6. The predicted octanol–water partition coefficient (Wildman–Crippen LogP) is 12.9. The molecule has 10 rings (SSSR count). The topological polar surface area (TPSA) is 16.4 Å². The summed E-state index contributed by atoms with van der Waals surface area (Å²) >= 11 is 1.86. The van der Waals surface area contributed by atoms with Gasteiger partial charge in [0.15, 0.2) is 5.58 Å². The van der Waals surface area contributed by atoms with E-state index in [1.54, 1.807) is 0 Å². The Labute approximate surface area is 270 Å². The number of furan rings is 1. The first-order valence-corrected chi connectivity index (χ1v) is 16.7. The third-order valence-corrected chi connectivity index (χ3v) is 11.3. The van der Waals surface area contributed by atoms with E-state index in [0.29, 0.717) is 0 Å². The van der Waals surface area contributed by atoms with Crippen molar-refractivity contribution in [3.63, 3.8) is 0 Å². The summed E-state index contributed by atoms with van der Waals surface area (Å²) in [7, 11) is 0. The van der Waals surface area contributed by atoms with Crippen molar-refractivity contribution in [2.45, 2.75) is 19.3 Å². The van der Waals surface area contributed by atoms with Crippen molar-refractivity contribution in [3.05, 3.63) is 151 Å². The minimum absolute atomic E-state index is 0.110. The molecule has 0 saturated heterocycles. The van der Waals surface area contributed by atoms with Gasteiger partial charge in [0.2, 0.25) is 0 Å². The molecule has 0 aliphatic heterocycles. The van der Waals surface area contributed by atoms with Crippen LogP contribution in [0.3, 0.4) is 0 Å². The Bertz CT molecular complexity index is 2690. The van der Waals surface area contributed by atoms with Crippen LogP contribution in [-0.2, 0) is 5.41 Å². The largest absolute Gasteiger partial charge is 0.453 e. The number of hydrogen-bond acceptors (Lipinski definition) is 3. The number of hydrogen-bond donors (Lipinski definition) is 0. The Kier molecular flexibility index (Phi) is 5.25. The molecule has 0 bridgehead atoms. The maximum Gasteiger partial charge on any atom is 0.159 e. The molecule has 0 unspecified atom stereocenters. The van der Waals surface area contributed by atoms with Gasteiger partial charge in [-0.15, -0.1) is 11.3 Å². The van der Waals surface area contributed by atoms with E-state index in [9.17, 15) is 0 Å². The van der Waals surface area contributed by atoms with Gasteiger partial charge in [0.1, 0.15) is 5.58 Å². The molecular weight excluding hydrogens is 579 g/mol. The van der Waals surface area contributed by atoms with E-state index >= 15 is 0 Å². The molecule has 0 atom stereocenters. The molecule has 218 valence electrons. The zero-order chi connectivity index (χ0) is 30.6. The highest BCUT2D eigenvalue weighted by molar-refractivity contribution is 7.26. The molecule has 0 radical (unpaired) electrons. The smallest absolute Gasteiger partial charge is 0.159 e. The molecule has 46 heavy (non-hydrogen) atoms. The maximum atomic E-state index is 6.94. The SMILES string of the molecule is CC1(C)c2ccccc2-c2ccc(N(c3cccc4c3oc3c5ccccc5ccc43)c3cccc4c3sc3ccccc34)cc21. The molecule has 1 aliphatic rings. The number of nitrogens with zero attached hydrogens (tertiary/aromatic N) is 1. The maximum absolute atomic E-state index is 6.94. The van der Waals surface area contributed by atoms with Gasteiger partial charge in [-0.2, -0.15) is 0 Å². The van der Waals surface area contributed by atoms with Gasteiger partial charge in [-0.1, -0.05) is 117 Å². The quantitative estimate of drug-likeness (QED) is 0.199. The average molecular weight is 608 g/mol. The summed E-state index contributed by atoms with van der Waals surface area (Å²) in [6.45, 7) is 4.70. The van der Waals surface area contributed by atoms with Gasteiger partial charge < -0.3 is 9.32 Å². The molecular formula is C43H29NOS. The molecule has 0 saturated carbocycles. The molecule has 0 amide bonds. The summed E-state index contributed by atoms with van der Waals surface area (Å²) < 4.78 is 9.50. The number of thiophene rings is 1. The molecule has 9 aromatic rings. The summed E-state index contributed by atoms with van der Waals surface area (Å²) in [5, 5.41) is 7.16. The van der Waals surface area contributed by atoms with Gasteiger partial charge >= 0.3 is 0 Å². The summed E-state index contributed by atoms with van der Waals surface area (Å²) in [6.07, 6.45) is 0. The zero-order valence-electron chi connectivity index (χ0n) is 25.5. The van der Waals surface area contributed by atoms with Crippen molar-refractivity contribution in [1.29, 1.82) is 0 Å². The molecule has 2 heterocycles. The van der Waals surface area contributed by atoms with Crippen LogP contribution >= 0.6 is 11.3 Å². The van der Waals surface area contributed by atoms with Crippen molar-refractivity contribution < 1.29 is 4.42 Å². The Morgan fingerprint density at radius 1 is 0.522 bits per heavy atom. The van der Waals surface area contributed by atoms with Crippen LogP contribution in [-0.4, -0.2) is 0 Å². The van der Waals surface area contributed by atoms with Crippen LogP contribution in [0.2, 0.25) is 0 Å². The third kappa shape index (κ3) is 3.46. The standard InChI is InChI=1S/C43H29NOS/c1-43(2)35-17-7-5-13-29(35)30-24-22-27(25-36(30)43)44(38-19-10-16-34-31-14-6-8-20-39(31)46-42(34)38)37-18-9-15-32-33-23-21-26-11-3-4-12-28(26)40(33)45-41(32)37/h3-25H,1-2H3. The lowest BCUT2D eigenvalue weighted by Crippen LogP contribution is -2.16. The Balaban J connectivity index is 1.29. The monoisotopic (exact) mass is 607 g/mol. The molecule has 0 N–H and O–H groups in total. The van der Waals surface area contributed by atoms with Crippen LogP contribution in [0.1, 0.15) is 25.0 Å². The summed E-state index contributed by atoms with van der Waals surface area (Å²) in [5.41, 5.74) is 10.4. The molecule has 3 heteroatoms. The first-order valence-electron chi connectivity index (χ1n) is 15.9. The van der Waals surface area contributed by atoms with Crippen molar-refractivity contribution in [3.8, 4) is 11.1 Å². The van der Waals surface area contributed by atoms with E-state index in [2.05, 4.69) is 158 Å². The second-order valence-corrected chi connectivity index (χ2v) is 14.0. The van der Waals surface area contributed by atoms with E-state index in [0.717, 1.165) is 44.4 Å². The normalized spacial score (nSPS) is 13.6.